The fraction of sp³-hybridized carbons (Fsp3) is 0.276. The van der Waals surface area contributed by atoms with Crippen LogP contribution in [0.1, 0.15) is 37.7 Å². The number of aliphatic carboxylic acids is 1. The quantitative estimate of drug-likeness (QED) is 0.254. The van der Waals surface area contributed by atoms with Crippen molar-refractivity contribution < 1.29 is 15.0 Å². The summed E-state index contributed by atoms with van der Waals surface area (Å²) in [6.45, 7) is 9.16. The zero-order valence-corrected chi connectivity index (χ0v) is 23.3. The van der Waals surface area contributed by atoms with Crippen molar-refractivity contribution in [3.8, 4) is 21.7 Å². The molecule has 0 aliphatic carbocycles. The number of carboxylic acid groups (broad SMARTS) is 1. The molecule has 0 aliphatic rings. The maximum atomic E-state index is 11.6. The first-order valence-corrected chi connectivity index (χ1v) is 13.1. The number of nitrogens with zero attached hydrogens (tertiary/aromatic N) is 3. The highest BCUT2D eigenvalue weighted by Crippen LogP contribution is 2.41. The van der Waals surface area contributed by atoms with Gasteiger partial charge in [0.25, 0.3) is 0 Å². The third kappa shape index (κ3) is 6.01. The summed E-state index contributed by atoms with van der Waals surface area (Å²) in [6.07, 6.45) is -0.0484. The van der Waals surface area contributed by atoms with Crippen LogP contribution in [0.2, 0.25) is 5.02 Å². The Morgan fingerprint density at radius 2 is 1.62 bits per heavy atom. The second-order valence-electron chi connectivity index (χ2n) is 10.1. The smallest absolute Gasteiger partial charge is 0.307 e. The van der Waals surface area contributed by atoms with Crippen LogP contribution in [0.15, 0.2) is 48.5 Å². The number of rotatable bonds is 4. The highest BCUT2D eigenvalue weighted by molar-refractivity contribution is 7.22. The van der Waals surface area contributed by atoms with Gasteiger partial charge in [-0.2, -0.15) is 0 Å². The Morgan fingerprint density at radius 1 is 1.00 bits per heavy atom. The van der Waals surface area contributed by atoms with Crippen LogP contribution in [0, 0.1) is 13.8 Å². The molecule has 3 aromatic carbocycles. The summed E-state index contributed by atoms with van der Waals surface area (Å²) in [5.74, 6) is 0.102. The molecule has 0 saturated heterocycles. The normalized spacial score (nSPS) is 11.6. The van der Waals surface area contributed by atoms with E-state index in [9.17, 15) is 9.90 Å². The van der Waals surface area contributed by atoms with Gasteiger partial charge in [0.05, 0.1) is 33.3 Å². The molecule has 0 atom stereocenters. The number of imidazole rings is 1. The second-order valence-corrected chi connectivity index (χ2v) is 11.5. The number of halogens is 1. The zero-order valence-electron chi connectivity index (χ0n) is 21.8. The molecule has 6 nitrogen and oxygen atoms in total. The lowest BCUT2D eigenvalue weighted by Crippen LogP contribution is -2.10. The van der Waals surface area contributed by atoms with Gasteiger partial charge in [0, 0.05) is 23.2 Å². The first-order valence-electron chi connectivity index (χ1n) is 11.9. The number of hydrogen-bond donors (Lipinski definition) is 2. The number of carboxylic acids is 1. The van der Waals surface area contributed by atoms with Crippen LogP contribution >= 0.6 is 22.9 Å². The standard InChI is InChI=1S/C25H20ClN3O2S.C4H10O/c1-13-10-20-24(23(18(13)12-22(30)31)15-4-7-17(26)8-5-15)32-25(28-20)16-6-9-19-21(11-16)29(3)14(2)27-19;1-4(2,3)5/h4-11H,12H2,1-3H3,(H,30,31);5H,1-3H3. The van der Waals surface area contributed by atoms with Crippen LogP contribution in [0.25, 0.3) is 42.9 Å². The van der Waals surface area contributed by atoms with Crippen molar-refractivity contribution in [3.63, 3.8) is 0 Å². The van der Waals surface area contributed by atoms with Crippen molar-refractivity contribution in [1.29, 1.82) is 0 Å². The van der Waals surface area contributed by atoms with Gasteiger partial charge in [-0.25, -0.2) is 9.97 Å². The highest BCUT2D eigenvalue weighted by atomic mass is 35.5. The fourth-order valence-corrected chi connectivity index (χ4v) is 5.36. The summed E-state index contributed by atoms with van der Waals surface area (Å²) in [7, 11) is 2.01. The Morgan fingerprint density at radius 3 is 2.24 bits per heavy atom. The summed E-state index contributed by atoms with van der Waals surface area (Å²) >= 11 is 7.69. The molecular formula is C29H30ClN3O3S. The van der Waals surface area contributed by atoms with Crippen molar-refractivity contribution in [2.24, 2.45) is 7.05 Å². The van der Waals surface area contributed by atoms with Gasteiger partial charge >= 0.3 is 5.97 Å². The average Bonchev–Trinajstić information content (AvgIpc) is 3.34. The second kappa shape index (κ2) is 10.2. The molecule has 37 heavy (non-hydrogen) atoms. The molecule has 2 aromatic heterocycles. The van der Waals surface area contributed by atoms with E-state index in [2.05, 4.69) is 15.6 Å². The zero-order chi connectivity index (χ0) is 27.1. The van der Waals surface area contributed by atoms with E-state index in [4.69, 9.17) is 21.7 Å². The molecule has 0 radical (unpaired) electrons. The molecule has 0 fully saturated rings. The predicted octanol–water partition coefficient (Wildman–Crippen LogP) is 7.19. The third-order valence-corrected chi connectivity index (χ3v) is 7.21. The monoisotopic (exact) mass is 535 g/mol. The molecule has 0 bridgehead atoms. The molecule has 0 saturated carbocycles. The molecule has 0 amide bonds. The summed E-state index contributed by atoms with van der Waals surface area (Å²) in [5, 5.41) is 19.6. The molecule has 192 valence electrons. The van der Waals surface area contributed by atoms with Crippen molar-refractivity contribution in [3.05, 3.63) is 70.5 Å². The van der Waals surface area contributed by atoms with E-state index in [1.165, 1.54) is 0 Å². The van der Waals surface area contributed by atoms with Crippen LogP contribution in [0.4, 0.5) is 0 Å². The van der Waals surface area contributed by atoms with Gasteiger partial charge in [-0.05, 0) is 87.7 Å². The largest absolute Gasteiger partial charge is 0.481 e. The molecule has 0 unspecified atom stereocenters. The topological polar surface area (TPSA) is 88.2 Å². The van der Waals surface area contributed by atoms with Gasteiger partial charge in [-0.1, -0.05) is 23.7 Å². The minimum absolute atomic E-state index is 0.0484. The number of aromatic nitrogens is 3. The number of aliphatic hydroxyl groups is 1. The van der Waals surface area contributed by atoms with Gasteiger partial charge in [0.15, 0.2) is 0 Å². The van der Waals surface area contributed by atoms with Crippen LogP contribution in [-0.4, -0.2) is 36.3 Å². The van der Waals surface area contributed by atoms with E-state index >= 15 is 0 Å². The predicted molar refractivity (Wildman–Crippen MR) is 153 cm³/mol. The third-order valence-electron chi connectivity index (χ3n) is 5.82. The molecule has 2 N–H and O–H groups in total. The lowest BCUT2D eigenvalue weighted by molar-refractivity contribution is -0.136. The Hall–Kier alpha value is -3.26. The van der Waals surface area contributed by atoms with E-state index in [0.29, 0.717) is 5.02 Å². The van der Waals surface area contributed by atoms with Crippen molar-refractivity contribution in [2.75, 3.05) is 0 Å². The SMILES string of the molecule is CC(C)(C)O.Cc1cc2nc(-c3ccc4nc(C)n(C)c4c3)sc2c(-c2ccc(Cl)cc2)c1CC(=O)O. The van der Waals surface area contributed by atoms with E-state index in [1.807, 2.05) is 63.4 Å². The summed E-state index contributed by atoms with van der Waals surface area (Å²) < 4.78 is 3.05. The fourth-order valence-electron chi connectivity index (χ4n) is 4.10. The Bertz CT molecular complexity index is 1610. The van der Waals surface area contributed by atoms with Gasteiger partial charge < -0.3 is 14.8 Å². The van der Waals surface area contributed by atoms with E-state index in [0.717, 1.165) is 59.9 Å². The first kappa shape index (κ1) is 26.8. The maximum Gasteiger partial charge on any atom is 0.307 e. The van der Waals surface area contributed by atoms with Gasteiger partial charge in [0.2, 0.25) is 0 Å². The Balaban J connectivity index is 0.000000586. The van der Waals surface area contributed by atoms with E-state index in [-0.39, 0.29) is 6.42 Å². The molecule has 5 rings (SSSR count). The molecule has 0 spiro atoms. The van der Waals surface area contributed by atoms with Crippen LogP contribution in [0.3, 0.4) is 0 Å². The Kier molecular flexibility index (Phi) is 7.42. The van der Waals surface area contributed by atoms with Crippen LogP contribution < -0.4 is 0 Å². The molecular weight excluding hydrogens is 506 g/mol. The number of fused-ring (bicyclic) bond motifs is 2. The van der Waals surface area contributed by atoms with Gasteiger partial charge in [0.1, 0.15) is 10.8 Å². The van der Waals surface area contributed by atoms with Crippen LogP contribution in [-0.2, 0) is 18.3 Å². The minimum Gasteiger partial charge on any atom is -0.481 e. The van der Waals surface area contributed by atoms with Gasteiger partial charge in [-0.15, -0.1) is 11.3 Å². The average molecular weight is 536 g/mol. The Labute approximate surface area is 225 Å². The van der Waals surface area contributed by atoms with Crippen LogP contribution in [0.5, 0.6) is 0 Å². The summed E-state index contributed by atoms with van der Waals surface area (Å²) in [6, 6.07) is 15.7. The number of carbonyl (C=O) groups is 1. The number of thiazole rings is 1. The molecule has 0 aliphatic heterocycles. The van der Waals surface area contributed by atoms with Crippen molar-refractivity contribution in [1.82, 2.24) is 14.5 Å². The van der Waals surface area contributed by atoms with E-state index < -0.39 is 11.6 Å². The number of hydrogen-bond acceptors (Lipinski definition) is 5. The van der Waals surface area contributed by atoms with Gasteiger partial charge in [-0.3, -0.25) is 4.79 Å². The maximum absolute atomic E-state index is 11.6. The lowest BCUT2D eigenvalue weighted by Gasteiger charge is -2.13. The summed E-state index contributed by atoms with van der Waals surface area (Å²) in [5.41, 5.74) is 6.97. The summed E-state index contributed by atoms with van der Waals surface area (Å²) in [4.78, 5) is 21.1. The number of aryl methyl sites for hydroxylation is 3. The minimum atomic E-state index is -0.857. The van der Waals surface area contributed by atoms with E-state index in [1.54, 1.807) is 32.1 Å². The lowest BCUT2D eigenvalue weighted by atomic mass is 9.93. The number of benzene rings is 3. The highest BCUT2D eigenvalue weighted by Gasteiger charge is 2.20. The molecule has 8 heteroatoms. The molecule has 5 aromatic rings. The molecule has 2 heterocycles. The van der Waals surface area contributed by atoms with Crippen molar-refractivity contribution >= 4 is 50.2 Å². The first-order chi connectivity index (χ1) is 17.3. The van der Waals surface area contributed by atoms with Crippen molar-refractivity contribution in [2.45, 2.75) is 46.6 Å².